The molecule has 2 saturated heterocycles. The normalized spacial score (nSPS) is 17.1. The number of benzene rings is 1. The van der Waals surface area contributed by atoms with Crippen LogP contribution in [0.1, 0.15) is 53.0 Å². The molecule has 0 atom stereocenters. The highest BCUT2D eigenvalue weighted by Gasteiger charge is 2.35. The fraction of sp³-hybridized carbons (Fsp3) is 0.500. The lowest BCUT2D eigenvalue weighted by atomic mass is 9.96. The van der Waals surface area contributed by atoms with Crippen LogP contribution in [0.25, 0.3) is 11.3 Å². The number of halogens is 3. The van der Waals surface area contributed by atoms with E-state index in [4.69, 9.17) is 4.74 Å². The number of piperidine rings is 2. The van der Waals surface area contributed by atoms with Gasteiger partial charge in [0.2, 0.25) is 0 Å². The van der Waals surface area contributed by atoms with E-state index in [-0.39, 0.29) is 28.1 Å². The fourth-order valence-electron chi connectivity index (χ4n) is 5.32. The minimum atomic E-state index is -4.61. The maximum Gasteiger partial charge on any atom is 0.419 e. The molecule has 5 rings (SSSR count). The molecule has 14 heteroatoms. The summed E-state index contributed by atoms with van der Waals surface area (Å²) in [7, 11) is 1.20. The van der Waals surface area contributed by atoms with Gasteiger partial charge in [0.1, 0.15) is 17.3 Å². The van der Waals surface area contributed by atoms with Gasteiger partial charge < -0.3 is 19.8 Å². The van der Waals surface area contributed by atoms with Crippen LogP contribution in [-0.2, 0) is 12.7 Å². The fourth-order valence-corrected chi connectivity index (χ4v) is 6.35. The summed E-state index contributed by atoms with van der Waals surface area (Å²) in [5.74, 6) is -0.408. The molecule has 0 spiro atoms. The van der Waals surface area contributed by atoms with E-state index in [0.717, 1.165) is 43.3 Å². The molecule has 0 aliphatic carbocycles. The minimum absolute atomic E-state index is 0.0672. The van der Waals surface area contributed by atoms with Gasteiger partial charge >= 0.3 is 6.18 Å². The number of aliphatic hydroxyl groups excluding tert-OH is 1. The molecule has 10 nitrogen and oxygen atoms in total. The molecule has 0 saturated carbocycles. The van der Waals surface area contributed by atoms with E-state index in [1.54, 1.807) is 6.07 Å². The first-order valence-electron chi connectivity index (χ1n) is 13.8. The molecule has 0 bridgehead atoms. The molecular formula is C28H33F3N6O4S. The van der Waals surface area contributed by atoms with Crippen molar-refractivity contribution in [3.63, 3.8) is 0 Å². The maximum atomic E-state index is 13.8. The number of amides is 1. The molecule has 1 amide bonds. The third kappa shape index (κ3) is 7.00. The van der Waals surface area contributed by atoms with Crippen LogP contribution in [0.15, 0.2) is 30.6 Å². The van der Waals surface area contributed by atoms with E-state index in [0.29, 0.717) is 44.0 Å². The molecule has 0 unspecified atom stereocenters. The van der Waals surface area contributed by atoms with Crippen LogP contribution in [0.2, 0.25) is 0 Å². The van der Waals surface area contributed by atoms with Crippen molar-refractivity contribution >= 4 is 28.2 Å². The maximum absolute atomic E-state index is 13.8. The van der Waals surface area contributed by atoms with Crippen LogP contribution in [0.4, 0.5) is 24.1 Å². The van der Waals surface area contributed by atoms with Crippen molar-refractivity contribution in [3.05, 3.63) is 46.7 Å². The molecule has 4 heterocycles. The van der Waals surface area contributed by atoms with E-state index < -0.39 is 23.9 Å². The molecule has 1 aromatic carbocycles. The molecule has 3 aromatic rings. The number of likely N-dealkylation sites (tertiary alicyclic amines) is 1. The number of thiazole rings is 1. The summed E-state index contributed by atoms with van der Waals surface area (Å²) in [6, 6.07) is 3.86. The number of rotatable bonds is 8. The lowest BCUT2D eigenvalue weighted by molar-refractivity contribution is -0.138. The molecule has 2 aromatic heterocycles. The highest BCUT2D eigenvalue weighted by molar-refractivity contribution is 7.16. The van der Waals surface area contributed by atoms with E-state index in [1.165, 1.54) is 36.9 Å². The zero-order valence-electron chi connectivity index (χ0n) is 23.1. The first kappa shape index (κ1) is 30.1. The molecule has 2 aliphatic rings. The summed E-state index contributed by atoms with van der Waals surface area (Å²) in [4.78, 5) is 31.2. The van der Waals surface area contributed by atoms with Crippen molar-refractivity contribution in [2.75, 3.05) is 43.5 Å². The zero-order valence-corrected chi connectivity index (χ0v) is 23.9. The van der Waals surface area contributed by atoms with Crippen LogP contribution >= 0.6 is 11.3 Å². The van der Waals surface area contributed by atoms with Gasteiger partial charge in [-0.25, -0.2) is 15.0 Å². The van der Waals surface area contributed by atoms with E-state index in [1.807, 2.05) is 4.90 Å². The van der Waals surface area contributed by atoms with Gasteiger partial charge in [-0.1, -0.05) is 17.8 Å². The Hall–Kier alpha value is -3.33. The molecule has 0 radical (unpaired) electrons. The second kappa shape index (κ2) is 12.9. The number of aliphatic hydroxyl groups is 2. The van der Waals surface area contributed by atoms with Gasteiger partial charge in [-0.3, -0.25) is 15.0 Å². The number of anilines is 2. The number of ether oxygens (including phenoxy) is 1. The minimum Gasteiger partial charge on any atom is -0.496 e. The van der Waals surface area contributed by atoms with E-state index in [2.05, 4.69) is 25.2 Å². The first-order valence-corrected chi connectivity index (χ1v) is 14.7. The smallest absolute Gasteiger partial charge is 0.419 e. The predicted molar refractivity (Wildman–Crippen MR) is 151 cm³/mol. The molecule has 42 heavy (non-hydrogen) atoms. The monoisotopic (exact) mass is 606 g/mol. The number of hydrogen-bond acceptors (Lipinski definition) is 10. The Bertz CT molecular complexity index is 1370. The third-order valence-electron chi connectivity index (χ3n) is 7.67. The van der Waals surface area contributed by atoms with Gasteiger partial charge in [-0.2, -0.15) is 13.2 Å². The van der Waals surface area contributed by atoms with Gasteiger partial charge in [0.15, 0.2) is 11.4 Å². The summed E-state index contributed by atoms with van der Waals surface area (Å²) < 4.78 is 46.2. The Kier molecular flexibility index (Phi) is 9.25. The summed E-state index contributed by atoms with van der Waals surface area (Å²) in [5.41, 5.74) is -0.157. The summed E-state index contributed by atoms with van der Waals surface area (Å²) >= 11 is 1.23. The lowest BCUT2D eigenvalue weighted by Gasteiger charge is -2.33. The SMILES string of the molecule is COc1ccc(-c2nc(NC(=O)c3cnc(N4CCC(C(O)O)CC4)cn3)sc2CN2CCCCC2)cc1C(F)(F)F. The second-order valence-corrected chi connectivity index (χ2v) is 11.6. The summed E-state index contributed by atoms with van der Waals surface area (Å²) in [5, 5.41) is 21.8. The number of nitrogens with one attached hydrogen (secondary N) is 1. The van der Waals surface area contributed by atoms with Crippen molar-refractivity contribution in [1.82, 2.24) is 19.9 Å². The van der Waals surface area contributed by atoms with Crippen LogP contribution in [0, 0.1) is 5.92 Å². The topological polar surface area (TPSA) is 124 Å². The van der Waals surface area contributed by atoms with Gasteiger partial charge in [-0.15, -0.1) is 0 Å². The number of methoxy groups -OCH3 is 1. The average molecular weight is 607 g/mol. The van der Waals surface area contributed by atoms with Crippen molar-refractivity contribution in [3.8, 4) is 17.0 Å². The number of nitrogens with zero attached hydrogens (tertiary/aromatic N) is 5. The van der Waals surface area contributed by atoms with Crippen molar-refractivity contribution in [2.45, 2.75) is 51.1 Å². The zero-order chi connectivity index (χ0) is 29.9. The number of carbonyl (C=O) groups excluding carboxylic acids is 1. The van der Waals surface area contributed by atoms with Crippen LogP contribution in [0.3, 0.4) is 0 Å². The van der Waals surface area contributed by atoms with Crippen LogP contribution < -0.4 is 15.0 Å². The Morgan fingerprint density at radius 3 is 2.48 bits per heavy atom. The van der Waals surface area contributed by atoms with Gasteiger partial charge in [0.25, 0.3) is 5.91 Å². The van der Waals surface area contributed by atoms with E-state index >= 15 is 0 Å². The molecule has 2 fully saturated rings. The van der Waals surface area contributed by atoms with Gasteiger partial charge in [0.05, 0.1) is 30.8 Å². The Morgan fingerprint density at radius 1 is 1.12 bits per heavy atom. The average Bonchev–Trinajstić information content (AvgIpc) is 3.38. The van der Waals surface area contributed by atoms with Crippen molar-refractivity contribution in [2.24, 2.45) is 5.92 Å². The predicted octanol–water partition coefficient (Wildman–Crippen LogP) is 4.39. The Balaban J connectivity index is 1.36. The molecule has 226 valence electrons. The van der Waals surface area contributed by atoms with E-state index in [9.17, 15) is 28.2 Å². The van der Waals surface area contributed by atoms with Gasteiger partial charge in [-0.05, 0) is 57.0 Å². The third-order valence-corrected chi connectivity index (χ3v) is 8.62. The second-order valence-electron chi connectivity index (χ2n) is 10.5. The number of carbonyl (C=O) groups is 1. The molecular weight excluding hydrogens is 573 g/mol. The first-order chi connectivity index (χ1) is 20.1. The lowest BCUT2D eigenvalue weighted by Crippen LogP contribution is -2.38. The summed E-state index contributed by atoms with van der Waals surface area (Å²) in [6.45, 7) is 3.46. The number of alkyl halides is 3. The molecule has 3 N–H and O–H groups in total. The van der Waals surface area contributed by atoms with Gasteiger partial charge in [0, 0.05) is 36.0 Å². The van der Waals surface area contributed by atoms with Crippen LogP contribution in [-0.4, -0.2) is 75.6 Å². The highest BCUT2D eigenvalue weighted by Crippen LogP contribution is 2.40. The van der Waals surface area contributed by atoms with Crippen LogP contribution in [0.5, 0.6) is 5.75 Å². The standard InChI is InChI=1S/C28H33F3N6O4S/c1-41-21-6-5-18(13-19(21)28(29,30)31)24-22(16-36-9-3-2-4-10-36)42-27(34-24)35-25(38)20-14-33-23(15-32-20)37-11-7-17(8-12-37)26(39)40/h5-6,13-15,17,26,39-40H,2-4,7-12,16H2,1H3,(H,34,35,38). The summed E-state index contributed by atoms with van der Waals surface area (Å²) in [6.07, 6.45) is 1.36. The Labute approximate surface area is 245 Å². The number of hydrogen-bond donors (Lipinski definition) is 3. The quantitative estimate of drug-likeness (QED) is 0.320. The largest absolute Gasteiger partial charge is 0.496 e. The number of aromatic nitrogens is 3. The Morgan fingerprint density at radius 2 is 1.86 bits per heavy atom. The molecule has 2 aliphatic heterocycles. The van der Waals surface area contributed by atoms with Crippen molar-refractivity contribution < 1.29 is 32.9 Å². The van der Waals surface area contributed by atoms with Crippen molar-refractivity contribution in [1.29, 1.82) is 0 Å². The highest BCUT2D eigenvalue weighted by atomic mass is 32.1.